The van der Waals surface area contributed by atoms with Gasteiger partial charge in [-0.15, -0.1) is 0 Å². The number of aryl methyl sites for hydroxylation is 2. The number of aliphatic hydroxyl groups excluding tert-OH is 3. The summed E-state index contributed by atoms with van der Waals surface area (Å²) >= 11 is 0. The molecular weight excluding hydrogens is 829 g/mol. The van der Waals surface area contributed by atoms with Gasteiger partial charge >= 0.3 is 5.97 Å². The van der Waals surface area contributed by atoms with Crippen LogP contribution in [0.25, 0.3) is 0 Å². The lowest BCUT2D eigenvalue weighted by molar-refractivity contribution is -0.303. The first-order valence-electron chi connectivity index (χ1n) is 22.7. The highest BCUT2D eigenvalue weighted by Gasteiger charge is 2.48. The number of ether oxygens (including phenoxy) is 2. The van der Waals surface area contributed by atoms with Crippen LogP contribution in [-0.2, 0) is 28.7 Å². The number of ketones is 2. The van der Waals surface area contributed by atoms with E-state index < -0.39 is 54.7 Å². The average Bonchev–Trinajstić information content (AvgIpc) is 3.57. The van der Waals surface area contributed by atoms with Crippen LogP contribution in [0.5, 0.6) is 0 Å². The lowest BCUT2D eigenvalue weighted by Crippen LogP contribution is -2.61. The SMILES string of the molecule is CC(=CC=C/C=C/C=C/C=C/C(C)C(OC1OC(C(=O)O)C(O)C(O)C1O)C(C)=CC(C)CCCC=CC(C)CC=CCCCN(C)c1nc(C)cc(C)n1)C(=O)NC1C(=O)CCC1=O. The van der Waals surface area contributed by atoms with Gasteiger partial charge in [0.2, 0.25) is 11.9 Å². The highest BCUT2D eigenvalue weighted by Crippen LogP contribution is 2.29. The first-order valence-corrected chi connectivity index (χ1v) is 22.7. The van der Waals surface area contributed by atoms with Crippen molar-refractivity contribution in [1.82, 2.24) is 15.3 Å². The predicted octanol–water partition coefficient (Wildman–Crippen LogP) is 6.70. The van der Waals surface area contributed by atoms with E-state index in [9.17, 15) is 39.6 Å². The molecule has 356 valence electrons. The molecule has 1 aliphatic carbocycles. The molecule has 9 atom stereocenters. The van der Waals surface area contributed by atoms with Gasteiger partial charge in [0.1, 0.15) is 24.4 Å². The van der Waals surface area contributed by atoms with Crippen molar-refractivity contribution in [1.29, 1.82) is 0 Å². The van der Waals surface area contributed by atoms with Crippen LogP contribution in [0.3, 0.4) is 0 Å². The van der Waals surface area contributed by atoms with Crippen LogP contribution in [-0.4, -0.2) is 110 Å². The van der Waals surface area contributed by atoms with Gasteiger partial charge in [0.25, 0.3) is 0 Å². The number of Topliss-reactive ketones (excluding diaryl/α,β-unsaturated/α-hetero) is 2. The summed E-state index contributed by atoms with van der Waals surface area (Å²) in [4.78, 5) is 59.0. The number of nitrogens with one attached hydrogen (secondary N) is 1. The topological polar surface area (TPSA) is 209 Å². The second kappa shape index (κ2) is 28.0. The zero-order chi connectivity index (χ0) is 48.1. The maximum atomic E-state index is 12.4. The summed E-state index contributed by atoms with van der Waals surface area (Å²) < 4.78 is 11.7. The molecule has 1 saturated heterocycles. The van der Waals surface area contributed by atoms with Crippen molar-refractivity contribution < 1.29 is 49.1 Å². The number of allylic oxidation sites excluding steroid dienone is 13. The molecule has 0 spiro atoms. The fraction of sp³-hybridized carbons (Fsp3) is 0.529. The molecule has 1 aliphatic heterocycles. The number of aliphatic hydroxyl groups is 3. The second-order valence-electron chi connectivity index (χ2n) is 17.3. The van der Waals surface area contributed by atoms with Crippen LogP contribution in [0, 0.1) is 31.6 Å². The van der Waals surface area contributed by atoms with E-state index in [2.05, 4.69) is 64.4 Å². The van der Waals surface area contributed by atoms with Gasteiger partial charge in [0.15, 0.2) is 24.0 Å². The first-order chi connectivity index (χ1) is 30.9. The molecule has 1 saturated carbocycles. The molecule has 1 amide bonds. The summed E-state index contributed by atoms with van der Waals surface area (Å²) in [5, 5.41) is 43.5. The average molecular weight is 901 g/mol. The van der Waals surface area contributed by atoms with E-state index in [0.29, 0.717) is 11.5 Å². The van der Waals surface area contributed by atoms with Crippen LogP contribution in [0.4, 0.5) is 5.95 Å². The molecule has 0 bridgehead atoms. The van der Waals surface area contributed by atoms with Crippen molar-refractivity contribution in [3.05, 3.63) is 114 Å². The summed E-state index contributed by atoms with van der Waals surface area (Å²) in [7, 11) is 2.03. The Hall–Kier alpha value is -5.12. The summed E-state index contributed by atoms with van der Waals surface area (Å²) in [6.07, 6.45) is 23.9. The number of amides is 1. The maximum absolute atomic E-state index is 12.4. The van der Waals surface area contributed by atoms with Crippen LogP contribution >= 0.6 is 0 Å². The zero-order valence-electron chi connectivity index (χ0n) is 39.4. The third-order valence-corrected chi connectivity index (χ3v) is 11.2. The predicted molar refractivity (Wildman–Crippen MR) is 253 cm³/mol. The van der Waals surface area contributed by atoms with Gasteiger partial charge in [-0.3, -0.25) is 14.4 Å². The highest BCUT2D eigenvalue weighted by atomic mass is 16.7. The van der Waals surface area contributed by atoms with E-state index in [1.54, 1.807) is 43.4 Å². The monoisotopic (exact) mass is 901 g/mol. The third-order valence-electron chi connectivity index (χ3n) is 11.2. The van der Waals surface area contributed by atoms with E-state index >= 15 is 0 Å². The van der Waals surface area contributed by atoms with E-state index in [4.69, 9.17) is 9.47 Å². The van der Waals surface area contributed by atoms with Crippen molar-refractivity contribution in [2.75, 3.05) is 18.5 Å². The Morgan fingerprint density at radius 2 is 1.46 bits per heavy atom. The number of carboxylic acid groups (broad SMARTS) is 1. The fourth-order valence-corrected chi connectivity index (χ4v) is 7.46. The van der Waals surface area contributed by atoms with Gasteiger partial charge < -0.3 is 40.1 Å². The first kappa shape index (κ1) is 54.2. The number of unbranched alkanes of at least 4 members (excludes halogenated alkanes) is 2. The highest BCUT2D eigenvalue weighted by molar-refractivity contribution is 6.15. The number of carbonyl (C=O) groups is 4. The van der Waals surface area contributed by atoms with Crippen molar-refractivity contribution in [2.45, 2.75) is 143 Å². The van der Waals surface area contributed by atoms with E-state index in [1.807, 2.05) is 59.0 Å². The van der Waals surface area contributed by atoms with Gasteiger partial charge in [-0.25, -0.2) is 14.8 Å². The van der Waals surface area contributed by atoms with Crippen molar-refractivity contribution in [3.63, 3.8) is 0 Å². The van der Waals surface area contributed by atoms with Gasteiger partial charge in [-0.2, -0.15) is 0 Å². The lowest BCUT2D eigenvalue weighted by atomic mass is 9.92. The van der Waals surface area contributed by atoms with Crippen molar-refractivity contribution >= 4 is 29.4 Å². The van der Waals surface area contributed by atoms with E-state index in [-0.39, 0.29) is 36.2 Å². The molecule has 2 heterocycles. The summed E-state index contributed by atoms with van der Waals surface area (Å²) in [6, 6.07) is 0.920. The maximum Gasteiger partial charge on any atom is 0.335 e. The lowest BCUT2D eigenvalue weighted by Gasteiger charge is -2.40. The number of aromatic nitrogens is 2. The number of anilines is 1. The molecule has 0 aromatic carbocycles. The molecular formula is C51H72N4O10. The summed E-state index contributed by atoms with van der Waals surface area (Å²) in [5.41, 5.74) is 3.15. The Labute approximate surface area is 385 Å². The van der Waals surface area contributed by atoms with E-state index in [0.717, 1.165) is 68.0 Å². The number of hydrogen-bond donors (Lipinski definition) is 5. The smallest absolute Gasteiger partial charge is 0.335 e. The van der Waals surface area contributed by atoms with Gasteiger partial charge in [0.05, 0.1) is 6.10 Å². The Kier molecular flexibility index (Phi) is 23.4. The minimum absolute atomic E-state index is 0.153. The van der Waals surface area contributed by atoms with Crippen LogP contribution in [0.15, 0.2) is 102 Å². The molecule has 65 heavy (non-hydrogen) atoms. The minimum atomic E-state index is -1.83. The zero-order valence-corrected chi connectivity index (χ0v) is 39.4. The molecule has 1 aromatic rings. The second-order valence-corrected chi connectivity index (χ2v) is 17.3. The fourth-order valence-electron chi connectivity index (χ4n) is 7.46. The van der Waals surface area contributed by atoms with Crippen molar-refractivity contribution in [2.24, 2.45) is 17.8 Å². The number of aliphatic carboxylic acids is 1. The Morgan fingerprint density at radius 1 is 0.846 bits per heavy atom. The standard InChI is InChI=1S/C51H72N4O10/c1-33(23-17-14-15-22-30-55(8)51-52-38(6)32-39(7)53-51)24-18-16-19-25-34(2)31-37(5)46(64-50-45(60)43(58)44(59)47(65-50)49(62)63)35(3)26-20-12-10-9-11-13-21-27-36(4)48(61)54-42-40(56)28-29-41(42)57/h9-14,17-18,20-21,24,26-27,31-35,42-47,50,58-60H,15-16,19,22-23,25,28-30H2,1-8H3,(H,54,61)(H,62,63)/b11-9+,12-10+,17-14?,21-13?,24-18?,26-20+,36-27?,37-31?. The number of nitrogens with zero attached hydrogens (tertiary/aromatic N) is 3. The molecule has 1 aromatic heterocycles. The van der Waals surface area contributed by atoms with Gasteiger partial charge in [-0.05, 0) is 89.7 Å². The van der Waals surface area contributed by atoms with Gasteiger partial charge in [-0.1, -0.05) is 106 Å². The van der Waals surface area contributed by atoms with Gasteiger partial charge in [0, 0.05) is 49.3 Å². The van der Waals surface area contributed by atoms with Crippen LogP contribution in [0.2, 0.25) is 0 Å². The molecule has 2 fully saturated rings. The Morgan fingerprint density at radius 3 is 2.11 bits per heavy atom. The molecule has 5 N–H and O–H groups in total. The Bertz CT molecular complexity index is 1950. The molecule has 9 unspecified atom stereocenters. The molecule has 2 aliphatic rings. The molecule has 14 heteroatoms. The Balaban J connectivity index is 1.53. The number of carbonyl (C=O) groups excluding carboxylic acids is 3. The molecule has 14 nitrogen and oxygen atoms in total. The molecule has 0 radical (unpaired) electrons. The summed E-state index contributed by atoms with van der Waals surface area (Å²) in [5.74, 6) is -1.42. The quantitative estimate of drug-likeness (QED) is 0.0228. The van der Waals surface area contributed by atoms with Crippen molar-refractivity contribution in [3.8, 4) is 0 Å². The largest absolute Gasteiger partial charge is 0.479 e. The number of hydrogen-bond acceptors (Lipinski definition) is 12. The van der Waals surface area contributed by atoms with E-state index in [1.165, 1.54) is 0 Å². The van der Waals surface area contributed by atoms with Crippen LogP contribution in [0.1, 0.15) is 97.4 Å². The third kappa shape index (κ3) is 18.7. The molecule has 3 rings (SSSR count). The minimum Gasteiger partial charge on any atom is -0.479 e. The van der Waals surface area contributed by atoms with Crippen LogP contribution < -0.4 is 10.2 Å². The normalized spacial score (nSPS) is 23.5. The summed E-state index contributed by atoms with van der Waals surface area (Å²) in [6.45, 7) is 14.6. The number of rotatable bonds is 25. The number of carboxylic acids is 1.